The summed E-state index contributed by atoms with van der Waals surface area (Å²) in [4.78, 5) is 10.4. The number of aliphatic hydroxyl groups excluding tert-OH is 1. The molecule has 20 heavy (non-hydrogen) atoms. The van der Waals surface area contributed by atoms with Crippen LogP contribution in [0.1, 0.15) is 5.56 Å². The first-order chi connectivity index (χ1) is 9.51. The van der Waals surface area contributed by atoms with Crippen molar-refractivity contribution < 1.29 is 14.8 Å². The number of hydrogen-bond acceptors (Lipinski definition) is 4. The van der Waals surface area contributed by atoms with Gasteiger partial charge in [0.25, 0.3) is 0 Å². The van der Waals surface area contributed by atoms with Gasteiger partial charge >= 0.3 is 5.69 Å². The van der Waals surface area contributed by atoms with Crippen molar-refractivity contribution in [2.24, 2.45) is 0 Å². The van der Waals surface area contributed by atoms with Crippen LogP contribution in [-0.4, -0.2) is 10.0 Å². The zero-order chi connectivity index (χ0) is 14.7. The van der Waals surface area contributed by atoms with Crippen LogP contribution in [0.25, 0.3) is 0 Å². The average molecular weight is 314 g/mol. The standard InChI is InChI=1S/C13H9Cl2NO4/c14-10-5-12(16(18)19)13(6-11(10)15)20-9-3-1-8(7-17)2-4-9/h1-6,17H,7H2. The minimum Gasteiger partial charge on any atom is -0.450 e. The fourth-order valence-electron chi connectivity index (χ4n) is 1.53. The quantitative estimate of drug-likeness (QED) is 0.678. The number of benzene rings is 2. The van der Waals surface area contributed by atoms with E-state index in [2.05, 4.69) is 0 Å². The van der Waals surface area contributed by atoms with Gasteiger partial charge in [-0.25, -0.2) is 0 Å². The van der Waals surface area contributed by atoms with E-state index in [0.29, 0.717) is 11.3 Å². The highest BCUT2D eigenvalue weighted by Gasteiger charge is 2.19. The highest BCUT2D eigenvalue weighted by molar-refractivity contribution is 6.42. The van der Waals surface area contributed by atoms with Gasteiger partial charge < -0.3 is 9.84 Å². The molecule has 2 aromatic rings. The molecule has 1 N–H and O–H groups in total. The van der Waals surface area contributed by atoms with Gasteiger partial charge in [0.2, 0.25) is 5.75 Å². The molecule has 2 aromatic carbocycles. The molecule has 7 heteroatoms. The van der Waals surface area contributed by atoms with Gasteiger partial charge in [0, 0.05) is 12.1 Å². The normalized spacial score (nSPS) is 10.3. The van der Waals surface area contributed by atoms with Crippen molar-refractivity contribution in [3.8, 4) is 11.5 Å². The van der Waals surface area contributed by atoms with Gasteiger partial charge in [0.05, 0.1) is 21.6 Å². The summed E-state index contributed by atoms with van der Waals surface area (Å²) in [6, 6.07) is 8.93. The zero-order valence-electron chi connectivity index (χ0n) is 10.0. The number of halogens is 2. The average Bonchev–Trinajstić information content (AvgIpc) is 2.43. The number of nitro groups is 1. The van der Waals surface area contributed by atoms with Crippen molar-refractivity contribution in [3.63, 3.8) is 0 Å². The number of ether oxygens (including phenoxy) is 1. The second-order valence-electron chi connectivity index (χ2n) is 3.90. The lowest BCUT2D eigenvalue weighted by molar-refractivity contribution is -0.385. The van der Waals surface area contributed by atoms with Crippen LogP contribution in [0.15, 0.2) is 36.4 Å². The van der Waals surface area contributed by atoms with Crippen molar-refractivity contribution in [2.45, 2.75) is 6.61 Å². The van der Waals surface area contributed by atoms with E-state index in [1.165, 1.54) is 6.07 Å². The molecule has 5 nitrogen and oxygen atoms in total. The Morgan fingerprint density at radius 2 is 1.75 bits per heavy atom. The molecule has 0 saturated carbocycles. The van der Waals surface area contributed by atoms with E-state index in [1.807, 2.05) is 0 Å². The Morgan fingerprint density at radius 3 is 2.30 bits per heavy atom. The van der Waals surface area contributed by atoms with Crippen molar-refractivity contribution >= 4 is 28.9 Å². The van der Waals surface area contributed by atoms with E-state index in [4.69, 9.17) is 33.0 Å². The lowest BCUT2D eigenvalue weighted by Crippen LogP contribution is -1.94. The Morgan fingerprint density at radius 1 is 1.15 bits per heavy atom. The number of hydrogen-bond donors (Lipinski definition) is 1. The smallest absolute Gasteiger partial charge is 0.313 e. The maximum absolute atomic E-state index is 11.0. The first-order valence-electron chi connectivity index (χ1n) is 5.52. The third-order valence-electron chi connectivity index (χ3n) is 2.53. The summed E-state index contributed by atoms with van der Waals surface area (Å²) in [5.74, 6) is 0.393. The molecule has 0 aliphatic heterocycles. The third-order valence-corrected chi connectivity index (χ3v) is 3.25. The van der Waals surface area contributed by atoms with Crippen LogP contribution in [-0.2, 0) is 6.61 Å². The summed E-state index contributed by atoms with van der Waals surface area (Å²) in [7, 11) is 0. The van der Waals surface area contributed by atoms with Crippen LogP contribution >= 0.6 is 23.2 Å². The topological polar surface area (TPSA) is 72.6 Å². The fourth-order valence-corrected chi connectivity index (χ4v) is 1.84. The predicted molar refractivity (Wildman–Crippen MR) is 75.6 cm³/mol. The van der Waals surface area contributed by atoms with Crippen molar-refractivity contribution in [1.82, 2.24) is 0 Å². The minimum atomic E-state index is -0.598. The maximum atomic E-state index is 11.0. The fraction of sp³-hybridized carbons (Fsp3) is 0.0769. The maximum Gasteiger partial charge on any atom is 0.313 e. The van der Waals surface area contributed by atoms with Crippen LogP contribution in [0.5, 0.6) is 11.5 Å². The molecule has 0 aliphatic rings. The Balaban J connectivity index is 2.36. The number of nitro benzene ring substituents is 1. The van der Waals surface area contributed by atoms with Crippen molar-refractivity contribution in [2.75, 3.05) is 0 Å². The Labute approximate surface area is 124 Å². The van der Waals surface area contributed by atoms with Crippen molar-refractivity contribution in [1.29, 1.82) is 0 Å². The van der Waals surface area contributed by atoms with Crippen molar-refractivity contribution in [3.05, 3.63) is 62.1 Å². The van der Waals surface area contributed by atoms with Crippen LogP contribution in [0, 0.1) is 10.1 Å². The molecule has 2 rings (SSSR count). The van der Waals surface area contributed by atoms with Gasteiger partial charge in [-0.2, -0.15) is 0 Å². The van der Waals surface area contributed by atoms with E-state index in [9.17, 15) is 10.1 Å². The van der Waals surface area contributed by atoms with Gasteiger partial charge in [-0.1, -0.05) is 35.3 Å². The molecule has 0 aliphatic carbocycles. The molecule has 0 amide bonds. The molecular formula is C13H9Cl2NO4. The first-order valence-corrected chi connectivity index (χ1v) is 6.28. The predicted octanol–water partition coefficient (Wildman–Crippen LogP) is 4.19. The lowest BCUT2D eigenvalue weighted by Gasteiger charge is -2.08. The number of rotatable bonds is 4. The van der Waals surface area contributed by atoms with Gasteiger partial charge in [0.15, 0.2) is 0 Å². The Kier molecular flexibility index (Phi) is 4.44. The van der Waals surface area contributed by atoms with Gasteiger partial charge in [-0.15, -0.1) is 0 Å². The van der Waals surface area contributed by atoms with Crippen LogP contribution in [0.4, 0.5) is 5.69 Å². The molecule has 0 radical (unpaired) electrons. The van der Waals surface area contributed by atoms with E-state index in [1.54, 1.807) is 24.3 Å². The minimum absolute atomic E-state index is 0.00106. The van der Waals surface area contributed by atoms with Crippen LogP contribution < -0.4 is 4.74 Å². The number of nitrogens with zero attached hydrogens (tertiary/aromatic N) is 1. The summed E-state index contributed by atoms with van der Waals surface area (Å²) in [6.07, 6.45) is 0. The molecule has 0 atom stereocenters. The highest BCUT2D eigenvalue weighted by atomic mass is 35.5. The largest absolute Gasteiger partial charge is 0.450 e. The molecule has 0 saturated heterocycles. The van der Waals surface area contributed by atoms with Gasteiger partial charge in [-0.3, -0.25) is 10.1 Å². The summed E-state index contributed by atoms with van der Waals surface area (Å²) in [5.41, 5.74) is 0.437. The van der Waals surface area contributed by atoms with E-state index < -0.39 is 4.92 Å². The summed E-state index contributed by atoms with van der Waals surface area (Å²) >= 11 is 11.6. The molecule has 104 valence electrons. The summed E-state index contributed by atoms with van der Waals surface area (Å²) in [5, 5.41) is 20.2. The summed E-state index contributed by atoms with van der Waals surface area (Å²) < 4.78 is 5.44. The second-order valence-corrected chi connectivity index (χ2v) is 4.71. The lowest BCUT2D eigenvalue weighted by atomic mass is 10.2. The van der Waals surface area contributed by atoms with E-state index in [0.717, 1.165) is 6.07 Å². The monoisotopic (exact) mass is 313 g/mol. The summed E-state index contributed by atoms with van der Waals surface area (Å²) in [6.45, 7) is -0.0901. The highest BCUT2D eigenvalue weighted by Crippen LogP contribution is 2.38. The second kappa shape index (κ2) is 6.09. The SMILES string of the molecule is O=[N+]([O-])c1cc(Cl)c(Cl)cc1Oc1ccc(CO)cc1. The molecular weight excluding hydrogens is 305 g/mol. The van der Waals surface area contributed by atoms with E-state index in [-0.39, 0.29) is 28.1 Å². The van der Waals surface area contributed by atoms with Crippen LogP contribution in [0.3, 0.4) is 0 Å². The molecule has 0 bridgehead atoms. The Bertz CT molecular complexity index is 644. The first kappa shape index (κ1) is 14.6. The van der Waals surface area contributed by atoms with E-state index >= 15 is 0 Å². The zero-order valence-corrected chi connectivity index (χ0v) is 11.6. The van der Waals surface area contributed by atoms with Gasteiger partial charge in [-0.05, 0) is 17.7 Å². The molecule has 0 fully saturated rings. The van der Waals surface area contributed by atoms with Crippen LogP contribution in [0.2, 0.25) is 10.0 Å². The van der Waals surface area contributed by atoms with Gasteiger partial charge in [0.1, 0.15) is 5.75 Å². The Hall–Kier alpha value is -1.82. The number of aliphatic hydroxyl groups is 1. The molecule has 0 aromatic heterocycles. The molecule has 0 heterocycles. The molecule has 0 unspecified atom stereocenters. The third kappa shape index (κ3) is 3.19. The molecule has 0 spiro atoms.